The van der Waals surface area contributed by atoms with Crippen molar-refractivity contribution in [1.29, 1.82) is 0 Å². The van der Waals surface area contributed by atoms with Crippen molar-refractivity contribution in [2.24, 2.45) is 0 Å². The molecular formula is C10H14N2O5. The van der Waals surface area contributed by atoms with Crippen molar-refractivity contribution in [3.05, 3.63) is 24.0 Å². The predicted octanol–water partition coefficient (Wildman–Crippen LogP) is -1.77. The van der Waals surface area contributed by atoms with Gasteiger partial charge in [-0.3, -0.25) is 9.78 Å². The van der Waals surface area contributed by atoms with E-state index in [2.05, 4.69) is 10.3 Å². The van der Waals surface area contributed by atoms with Gasteiger partial charge in [-0.15, -0.1) is 0 Å². The van der Waals surface area contributed by atoms with Crippen LogP contribution >= 0.6 is 0 Å². The Hall–Kier alpha value is -1.70. The second kappa shape index (κ2) is 5.58. The zero-order valence-corrected chi connectivity index (χ0v) is 9.00. The maximum atomic E-state index is 11.7. The fourth-order valence-electron chi connectivity index (χ4n) is 1.13. The lowest BCUT2D eigenvalue weighted by molar-refractivity contribution is 0.0375. The van der Waals surface area contributed by atoms with E-state index in [0.29, 0.717) is 0 Å². The zero-order chi connectivity index (χ0) is 12.9. The number of aromatic hydroxyl groups is 1. The highest BCUT2D eigenvalue weighted by Crippen LogP contribution is 2.10. The Kier molecular flexibility index (Phi) is 4.38. The minimum Gasteiger partial charge on any atom is -0.506 e. The first-order valence-corrected chi connectivity index (χ1v) is 4.86. The van der Waals surface area contributed by atoms with Crippen molar-refractivity contribution in [3.63, 3.8) is 0 Å². The molecule has 7 nitrogen and oxygen atoms in total. The van der Waals surface area contributed by atoms with E-state index in [0.717, 1.165) is 6.20 Å². The molecule has 0 unspecified atom stereocenters. The molecule has 0 bridgehead atoms. The number of amides is 1. The number of pyridine rings is 1. The van der Waals surface area contributed by atoms with E-state index in [1.54, 1.807) is 0 Å². The molecule has 0 aliphatic rings. The summed E-state index contributed by atoms with van der Waals surface area (Å²) in [4.78, 5) is 15.3. The Bertz CT molecular complexity index is 384. The molecule has 1 heterocycles. The van der Waals surface area contributed by atoms with Crippen LogP contribution in [0.15, 0.2) is 18.5 Å². The van der Waals surface area contributed by atoms with E-state index in [1.807, 2.05) is 0 Å². The predicted molar refractivity (Wildman–Crippen MR) is 57.4 cm³/mol. The summed E-state index contributed by atoms with van der Waals surface area (Å²) in [5, 5.41) is 38.5. The summed E-state index contributed by atoms with van der Waals surface area (Å²) in [6.07, 6.45) is 2.38. The molecule has 0 atom stereocenters. The molecule has 0 spiro atoms. The van der Waals surface area contributed by atoms with Gasteiger partial charge in [-0.2, -0.15) is 0 Å². The third kappa shape index (κ3) is 3.13. The molecule has 0 radical (unpaired) electrons. The van der Waals surface area contributed by atoms with Crippen LogP contribution in [-0.4, -0.2) is 56.7 Å². The van der Waals surface area contributed by atoms with Gasteiger partial charge >= 0.3 is 0 Å². The van der Waals surface area contributed by atoms with Crippen LogP contribution in [0.1, 0.15) is 10.4 Å². The standard InChI is InChI=1S/C10H14N2O5/c13-4-10(5-14,6-15)12-9(17)7-1-8(16)3-11-2-7/h1-3,13-16H,4-6H2,(H,12,17). The van der Waals surface area contributed by atoms with Gasteiger partial charge in [-0.1, -0.05) is 0 Å². The maximum Gasteiger partial charge on any atom is 0.253 e. The average Bonchev–Trinajstić information content (AvgIpc) is 2.36. The van der Waals surface area contributed by atoms with Gasteiger partial charge in [-0.05, 0) is 6.07 Å². The van der Waals surface area contributed by atoms with Gasteiger partial charge in [0.15, 0.2) is 0 Å². The van der Waals surface area contributed by atoms with Gasteiger partial charge in [0, 0.05) is 6.20 Å². The van der Waals surface area contributed by atoms with Gasteiger partial charge in [0.2, 0.25) is 0 Å². The minimum absolute atomic E-state index is 0.0599. The number of aliphatic hydroxyl groups excluding tert-OH is 3. The number of aliphatic hydroxyl groups is 3. The van der Waals surface area contributed by atoms with E-state index < -0.39 is 31.3 Å². The van der Waals surface area contributed by atoms with E-state index in [-0.39, 0.29) is 11.3 Å². The van der Waals surface area contributed by atoms with Gasteiger partial charge in [0.1, 0.15) is 11.3 Å². The molecular weight excluding hydrogens is 228 g/mol. The summed E-state index contributed by atoms with van der Waals surface area (Å²) < 4.78 is 0. The normalized spacial score (nSPS) is 11.2. The molecule has 0 saturated heterocycles. The van der Waals surface area contributed by atoms with Crippen LogP contribution in [0.4, 0.5) is 0 Å². The molecule has 1 rings (SSSR count). The highest BCUT2D eigenvalue weighted by molar-refractivity contribution is 5.94. The second-order valence-electron chi connectivity index (χ2n) is 3.64. The van der Waals surface area contributed by atoms with Crippen molar-refractivity contribution in [3.8, 4) is 5.75 Å². The Morgan fingerprint density at radius 2 is 1.82 bits per heavy atom. The molecule has 0 aliphatic carbocycles. The van der Waals surface area contributed by atoms with Gasteiger partial charge in [0.25, 0.3) is 5.91 Å². The minimum atomic E-state index is -1.50. The van der Waals surface area contributed by atoms with Crippen LogP contribution < -0.4 is 5.32 Å². The Balaban J connectivity index is 2.84. The smallest absolute Gasteiger partial charge is 0.253 e. The largest absolute Gasteiger partial charge is 0.506 e. The van der Waals surface area contributed by atoms with Crippen LogP contribution in [0.3, 0.4) is 0 Å². The van der Waals surface area contributed by atoms with Crippen molar-refractivity contribution >= 4 is 5.91 Å². The van der Waals surface area contributed by atoms with Crippen LogP contribution in [-0.2, 0) is 0 Å². The van der Waals surface area contributed by atoms with Crippen molar-refractivity contribution in [1.82, 2.24) is 10.3 Å². The van der Waals surface area contributed by atoms with Gasteiger partial charge in [0.05, 0.1) is 31.6 Å². The highest BCUT2D eigenvalue weighted by atomic mass is 16.3. The van der Waals surface area contributed by atoms with Crippen LogP contribution in [0.25, 0.3) is 0 Å². The number of rotatable bonds is 5. The number of hydrogen-bond acceptors (Lipinski definition) is 6. The van der Waals surface area contributed by atoms with E-state index in [9.17, 15) is 4.79 Å². The zero-order valence-electron chi connectivity index (χ0n) is 9.00. The number of aromatic nitrogens is 1. The van der Waals surface area contributed by atoms with Crippen molar-refractivity contribution in [2.45, 2.75) is 5.54 Å². The highest BCUT2D eigenvalue weighted by Gasteiger charge is 2.30. The Morgan fingerprint density at radius 1 is 1.24 bits per heavy atom. The van der Waals surface area contributed by atoms with E-state index >= 15 is 0 Å². The third-order valence-electron chi connectivity index (χ3n) is 2.27. The SMILES string of the molecule is O=C(NC(CO)(CO)CO)c1cncc(O)c1. The molecule has 0 aliphatic heterocycles. The lowest BCUT2D eigenvalue weighted by Gasteiger charge is -2.28. The van der Waals surface area contributed by atoms with E-state index in [4.69, 9.17) is 20.4 Å². The number of nitrogens with one attached hydrogen (secondary N) is 1. The number of nitrogens with zero attached hydrogens (tertiary/aromatic N) is 1. The topological polar surface area (TPSA) is 123 Å². The molecule has 5 N–H and O–H groups in total. The van der Waals surface area contributed by atoms with Gasteiger partial charge in [-0.25, -0.2) is 0 Å². The molecule has 17 heavy (non-hydrogen) atoms. The van der Waals surface area contributed by atoms with Gasteiger partial charge < -0.3 is 25.7 Å². The van der Waals surface area contributed by atoms with Crippen molar-refractivity contribution < 1.29 is 25.2 Å². The monoisotopic (exact) mass is 242 g/mol. The molecule has 0 aromatic carbocycles. The molecule has 94 valence electrons. The fourth-order valence-corrected chi connectivity index (χ4v) is 1.13. The summed E-state index contributed by atoms with van der Waals surface area (Å²) in [6, 6.07) is 1.18. The molecule has 1 aromatic rings. The Labute approximate surface area is 97.4 Å². The number of carbonyl (C=O) groups is 1. The summed E-state index contributed by atoms with van der Waals surface area (Å²) >= 11 is 0. The summed E-state index contributed by atoms with van der Waals surface area (Å²) in [5.41, 5.74) is -1.44. The first-order valence-electron chi connectivity index (χ1n) is 4.86. The van der Waals surface area contributed by atoms with Crippen LogP contribution in [0.2, 0.25) is 0 Å². The molecule has 0 saturated carbocycles. The third-order valence-corrected chi connectivity index (χ3v) is 2.27. The molecule has 1 amide bonds. The quantitative estimate of drug-likeness (QED) is 0.416. The van der Waals surface area contributed by atoms with Crippen molar-refractivity contribution in [2.75, 3.05) is 19.8 Å². The lowest BCUT2D eigenvalue weighted by atomic mass is 10.0. The molecule has 0 fully saturated rings. The summed E-state index contributed by atoms with van der Waals surface area (Å²) in [5.74, 6) is -0.842. The summed E-state index contributed by atoms with van der Waals surface area (Å²) in [7, 11) is 0. The first kappa shape index (κ1) is 13.4. The first-order chi connectivity index (χ1) is 8.06. The second-order valence-corrected chi connectivity index (χ2v) is 3.64. The van der Waals surface area contributed by atoms with Crippen LogP contribution in [0.5, 0.6) is 5.75 Å². The van der Waals surface area contributed by atoms with Crippen LogP contribution in [0, 0.1) is 0 Å². The molecule has 1 aromatic heterocycles. The number of carbonyl (C=O) groups excluding carboxylic acids is 1. The average molecular weight is 242 g/mol. The summed E-state index contributed by atoms with van der Waals surface area (Å²) in [6.45, 7) is -1.84. The molecule has 7 heteroatoms. The number of hydrogen-bond donors (Lipinski definition) is 5. The lowest BCUT2D eigenvalue weighted by Crippen LogP contribution is -2.57. The van der Waals surface area contributed by atoms with E-state index in [1.165, 1.54) is 12.3 Å². The fraction of sp³-hybridized carbons (Fsp3) is 0.400. The maximum absolute atomic E-state index is 11.7. The Morgan fingerprint density at radius 3 is 2.29 bits per heavy atom.